The molecule has 1 N–H and O–H groups in total. The molecule has 0 aliphatic heterocycles. The van der Waals surface area contributed by atoms with E-state index in [1.165, 1.54) is 0 Å². The van der Waals surface area contributed by atoms with Crippen molar-refractivity contribution in [3.8, 4) is 11.1 Å². The van der Waals surface area contributed by atoms with Gasteiger partial charge in [-0.1, -0.05) is 88.5 Å². The van der Waals surface area contributed by atoms with Crippen LogP contribution in [0, 0.1) is 13.8 Å². The molecule has 170 valence electrons. The Morgan fingerprint density at radius 1 is 0.853 bits per heavy atom. The van der Waals surface area contributed by atoms with E-state index < -0.39 is 5.60 Å². The van der Waals surface area contributed by atoms with Gasteiger partial charge in [-0.05, 0) is 54.8 Å². The van der Waals surface area contributed by atoms with Gasteiger partial charge in [-0.2, -0.15) is 0 Å². The van der Waals surface area contributed by atoms with Crippen LogP contribution in [0.25, 0.3) is 22.0 Å². The lowest BCUT2D eigenvalue weighted by Gasteiger charge is -2.30. The molecule has 0 fully saturated rings. The zero-order valence-electron chi connectivity index (χ0n) is 18.3. The number of aryl methyl sites for hydroxylation is 2. The molecule has 0 saturated carbocycles. The van der Waals surface area contributed by atoms with Crippen molar-refractivity contribution >= 4 is 45.7 Å². The summed E-state index contributed by atoms with van der Waals surface area (Å²) in [5.74, 6) is 0.514. The highest BCUT2D eigenvalue weighted by atomic mass is 35.5. The summed E-state index contributed by atoms with van der Waals surface area (Å²) in [5.41, 5.74) is 2.90. The van der Waals surface area contributed by atoms with Gasteiger partial charge in [0, 0.05) is 16.0 Å². The minimum absolute atomic E-state index is 0.315. The normalized spacial score (nSPS) is 13.2. The number of benzene rings is 3. The van der Waals surface area contributed by atoms with E-state index in [1.807, 2.05) is 42.5 Å². The van der Waals surface area contributed by atoms with E-state index in [9.17, 15) is 5.11 Å². The minimum atomic E-state index is -1.57. The van der Waals surface area contributed by atoms with Crippen molar-refractivity contribution < 1.29 is 9.63 Å². The fraction of sp³-hybridized carbons (Fsp3) is 0.111. The molecule has 1 unspecified atom stereocenters. The Labute approximate surface area is 211 Å². The van der Waals surface area contributed by atoms with Crippen LogP contribution in [-0.4, -0.2) is 15.2 Å². The highest BCUT2D eigenvalue weighted by molar-refractivity contribution is 6.42. The van der Waals surface area contributed by atoms with Gasteiger partial charge in [0.05, 0.1) is 21.8 Å². The monoisotopic (exact) mass is 508 g/mol. The third-order valence-electron chi connectivity index (χ3n) is 6.01. The molecule has 0 radical (unpaired) electrons. The number of nitrogens with zero attached hydrogens (tertiary/aromatic N) is 2. The Kier molecular flexibility index (Phi) is 5.86. The van der Waals surface area contributed by atoms with Crippen LogP contribution in [-0.2, 0) is 5.60 Å². The van der Waals surface area contributed by atoms with Gasteiger partial charge >= 0.3 is 0 Å². The second kappa shape index (κ2) is 8.71. The first-order valence-corrected chi connectivity index (χ1v) is 11.7. The Morgan fingerprint density at radius 3 is 2.18 bits per heavy atom. The molecular weight excluding hydrogens is 491 g/mol. The van der Waals surface area contributed by atoms with Crippen LogP contribution in [0.1, 0.15) is 28.1 Å². The van der Waals surface area contributed by atoms with E-state index in [0.29, 0.717) is 59.8 Å². The summed E-state index contributed by atoms with van der Waals surface area (Å²) in [4.78, 5) is 4.57. The van der Waals surface area contributed by atoms with E-state index >= 15 is 0 Å². The fourth-order valence-electron chi connectivity index (χ4n) is 4.42. The van der Waals surface area contributed by atoms with Crippen molar-refractivity contribution in [2.24, 2.45) is 0 Å². The first kappa shape index (κ1) is 22.9. The van der Waals surface area contributed by atoms with E-state index in [2.05, 4.69) is 10.1 Å². The molecular formula is C27H19Cl3N2O2. The summed E-state index contributed by atoms with van der Waals surface area (Å²) in [7, 11) is 0. The lowest BCUT2D eigenvalue weighted by atomic mass is 9.79. The van der Waals surface area contributed by atoms with Crippen LogP contribution < -0.4 is 0 Å². The smallest absolute Gasteiger partial charge is 0.145 e. The van der Waals surface area contributed by atoms with Gasteiger partial charge in [0.1, 0.15) is 16.5 Å². The van der Waals surface area contributed by atoms with Crippen molar-refractivity contribution in [3.05, 3.63) is 116 Å². The average molecular weight is 510 g/mol. The van der Waals surface area contributed by atoms with Gasteiger partial charge in [0.15, 0.2) is 0 Å². The Bertz CT molecular complexity index is 1500. The largest absolute Gasteiger partial charge is 0.376 e. The van der Waals surface area contributed by atoms with Gasteiger partial charge in [0.2, 0.25) is 0 Å². The maximum absolute atomic E-state index is 12.3. The van der Waals surface area contributed by atoms with E-state index in [1.54, 1.807) is 44.2 Å². The number of pyridine rings is 1. The third-order valence-corrected chi connectivity index (χ3v) is 6.93. The number of aromatic nitrogens is 2. The van der Waals surface area contributed by atoms with Crippen LogP contribution in [0.5, 0.6) is 0 Å². The van der Waals surface area contributed by atoms with Crippen molar-refractivity contribution in [3.63, 3.8) is 0 Å². The van der Waals surface area contributed by atoms with E-state index in [4.69, 9.17) is 39.3 Å². The number of halogens is 3. The standard InChI is InChI=1S/C27H19Cl3N2O2/c1-15-24(16(2)34-32-15)27(33,18-8-11-20(28)12-9-18)19-10-13-22-21(14-19)25(29)23(26(30)31-22)17-6-4-3-5-7-17/h3-14,33H,1-2H3. The maximum Gasteiger partial charge on any atom is 0.145 e. The number of aliphatic hydroxyl groups is 1. The molecule has 1 atom stereocenters. The van der Waals surface area contributed by atoms with Gasteiger partial charge in [-0.15, -0.1) is 0 Å². The maximum atomic E-state index is 12.3. The quantitative estimate of drug-likeness (QED) is 0.252. The molecule has 5 rings (SSSR count). The summed E-state index contributed by atoms with van der Waals surface area (Å²) in [6.45, 7) is 3.58. The second-order valence-electron chi connectivity index (χ2n) is 8.11. The zero-order chi connectivity index (χ0) is 24.0. The molecule has 34 heavy (non-hydrogen) atoms. The molecule has 2 aromatic heterocycles. The third kappa shape index (κ3) is 3.68. The summed E-state index contributed by atoms with van der Waals surface area (Å²) in [6.07, 6.45) is 0. The molecule has 0 spiro atoms. The van der Waals surface area contributed by atoms with Crippen LogP contribution in [0.15, 0.2) is 77.3 Å². The molecule has 0 bridgehead atoms. The Hall–Kier alpha value is -2.89. The van der Waals surface area contributed by atoms with Gasteiger partial charge < -0.3 is 9.63 Å². The van der Waals surface area contributed by atoms with Gasteiger partial charge in [-0.25, -0.2) is 4.98 Å². The minimum Gasteiger partial charge on any atom is -0.376 e. The summed E-state index contributed by atoms with van der Waals surface area (Å²) < 4.78 is 5.42. The number of hydrogen-bond donors (Lipinski definition) is 1. The topological polar surface area (TPSA) is 59.2 Å². The van der Waals surface area contributed by atoms with Crippen molar-refractivity contribution in [1.29, 1.82) is 0 Å². The molecule has 0 aliphatic carbocycles. The molecule has 7 heteroatoms. The summed E-state index contributed by atoms with van der Waals surface area (Å²) >= 11 is 19.6. The molecule has 0 amide bonds. The fourth-order valence-corrected chi connectivity index (χ4v) is 5.24. The average Bonchev–Trinajstić information content (AvgIpc) is 3.18. The Balaban J connectivity index is 1.80. The predicted molar refractivity (Wildman–Crippen MR) is 137 cm³/mol. The number of rotatable bonds is 4. The number of fused-ring (bicyclic) bond motifs is 1. The first-order valence-electron chi connectivity index (χ1n) is 10.6. The van der Waals surface area contributed by atoms with Crippen LogP contribution >= 0.6 is 34.8 Å². The SMILES string of the molecule is Cc1noc(C)c1C(O)(c1ccc(Cl)cc1)c1ccc2nc(Cl)c(-c3ccccc3)c(Cl)c2c1. The molecule has 0 aliphatic rings. The van der Waals surface area contributed by atoms with Crippen molar-refractivity contribution in [2.75, 3.05) is 0 Å². The van der Waals surface area contributed by atoms with Gasteiger partial charge in [-0.3, -0.25) is 0 Å². The lowest BCUT2D eigenvalue weighted by Crippen LogP contribution is -2.30. The molecule has 5 aromatic rings. The lowest BCUT2D eigenvalue weighted by molar-refractivity contribution is 0.123. The second-order valence-corrected chi connectivity index (χ2v) is 9.28. The van der Waals surface area contributed by atoms with Crippen LogP contribution in [0.2, 0.25) is 15.2 Å². The summed E-state index contributed by atoms with van der Waals surface area (Å²) in [5, 5.41) is 18.4. The van der Waals surface area contributed by atoms with Crippen molar-refractivity contribution in [2.45, 2.75) is 19.4 Å². The number of hydrogen-bond acceptors (Lipinski definition) is 4. The van der Waals surface area contributed by atoms with Crippen molar-refractivity contribution in [1.82, 2.24) is 10.1 Å². The highest BCUT2D eigenvalue weighted by Crippen LogP contribution is 2.44. The molecule has 4 nitrogen and oxygen atoms in total. The highest BCUT2D eigenvalue weighted by Gasteiger charge is 2.39. The molecule has 2 heterocycles. The van der Waals surface area contributed by atoms with E-state index in [0.717, 1.165) is 5.56 Å². The molecule has 0 saturated heterocycles. The van der Waals surface area contributed by atoms with Crippen LogP contribution in [0.4, 0.5) is 0 Å². The first-order chi connectivity index (χ1) is 16.3. The summed E-state index contributed by atoms with van der Waals surface area (Å²) in [6, 6.07) is 22.1. The Morgan fingerprint density at radius 2 is 1.53 bits per heavy atom. The zero-order valence-corrected chi connectivity index (χ0v) is 20.6. The van der Waals surface area contributed by atoms with E-state index in [-0.39, 0.29) is 0 Å². The van der Waals surface area contributed by atoms with Gasteiger partial charge in [0.25, 0.3) is 0 Å². The van der Waals surface area contributed by atoms with Crippen LogP contribution in [0.3, 0.4) is 0 Å². The predicted octanol–water partition coefficient (Wildman–Crippen LogP) is 7.75. The molecule has 3 aromatic carbocycles.